The van der Waals surface area contributed by atoms with E-state index in [1.165, 1.54) is 25.2 Å². The third-order valence-electron chi connectivity index (χ3n) is 1.81. The molecule has 15 heavy (non-hydrogen) atoms. The Hall–Kier alpha value is -1.75. The molecular formula is C9H9ClN2O3. The number of hydrogen-bond donors (Lipinski definition) is 2. The zero-order valence-corrected chi connectivity index (χ0v) is 8.65. The molecule has 1 aromatic rings. The number of likely N-dealkylation sites (N-methyl/N-ethyl adjacent to an activating group) is 1. The normalized spacial score (nSPS) is 9.73. The summed E-state index contributed by atoms with van der Waals surface area (Å²) in [5.41, 5.74) is 4.95. The summed E-state index contributed by atoms with van der Waals surface area (Å²) >= 11 is 5.68. The van der Waals surface area contributed by atoms with Crippen LogP contribution in [0.25, 0.3) is 0 Å². The van der Waals surface area contributed by atoms with E-state index in [4.69, 9.17) is 17.3 Å². The van der Waals surface area contributed by atoms with E-state index in [-0.39, 0.29) is 11.4 Å². The molecule has 0 saturated carbocycles. The molecule has 1 rings (SSSR count). The predicted molar refractivity (Wildman–Crippen MR) is 55.7 cm³/mol. The number of anilines is 1. The molecule has 0 spiro atoms. The topological polar surface area (TPSA) is 83.6 Å². The minimum atomic E-state index is -1.10. The first kappa shape index (κ1) is 11.3. The highest BCUT2D eigenvalue weighted by Crippen LogP contribution is 2.29. The molecule has 0 atom stereocenters. The van der Waals surface area contributed by atoms with Gasteiger partial charge in [0.2, 0.25) is 0 Å². The van der Waals surface area contributed by atoms with Crippen molar-refractivity contribution >= 4 is 29.1 Å². The fourth-order valence-electron chi connectivity index (χ4n) is 1.04. The van der Waals surface area contributed by atoms with E-state index in [0.29, 0.717) is 5.02 Å². The molecule has 6 heteroatoms. The molecule has 0 unspecified atom stereocenters. The molecule has 0 aliphatic carbocycles. The van der Waals surface area contributed by atoms with Gasteiger partial charge in [-0.05, 0) is 18.2 Å². The summed E-state index contributed by atoms with van der Waals surface area (Å²) in [5.74, 6) is -2.18. The maximum atomic E-state index is 11.2. The highest BCUT2D eigenvalue weighted by atomic mass is 35.5. The van der Waals surface area contributed by atoms with Crippen molar-refractivity contribution in [3.8, 4) is 5.75 Å². The molecular weight excluding hydrogens is 220 g/mol. The van der Waals surface area contributed by atoms with Crippen LogP contribution >= 0.6 is 11.6 Å². The molecule has 0 fully saturated rings. The molecule has 0 radical (unpaired) electrons. The number of nitrogens with two attached hydrogens (primary N) is 1. The van der Waals surface area contributed by atoms with Gasteiger partial charge in [-0.25, -0.2) is 0 Å². The van der Waals surface area contributed by atoms with Gasteiger partial charge in [-0.2, -0.15) is 0 Å². The lowest BCUT2D eigenvalue weighted by atomic mass is 10.2. The lowest BCUT2D eigenvalue weighted by Gasteiger charge is -2.16. The molecule has 0 bridgehead atoms. The van der Waals surface area contributed by atoms with E-state index in [0.717, 1.165) is 4.90 Å². The van der Waals surface area contributed by atoms with Crippen LogP contribution in [0.2, 0.25) is 5.02 Å². The van der Waals surface area contributed by atoms with Crippen LogP contribution in [0.4, 0.5) is 5.69 Å². The summed E-state index contributed by atoms with van der Waals surface area (Å²) in [5, 5.41) is 9.77. The summed E-state index contributed by atoms with van der Waals surface area (Å²) in [6.45, 7) is 0. The molecule has 0 aliphatic rings. The Morgan fingerprint density at radius 2 is 2.07 bits per heavy atom. The summed E-state index contributed by atoms with van der Waals surface area (Å²) in [4.78, 5) is 22.8. The maximum absolute atomic E-state index is 11.2. The second-order valence-electron chi connectivity index (χ2n) is 2.86. The quantitative estimate of drug-likeness (QED) is 0.687. The van der Waals surface area contributed by atoms with Gasteiger partial charge in [-0.15, -0.1) is 0 Å². The Balaban J connectivity index is 3.10. The predicted octanol–water partition coefficient (Wildman–Crippen LogP) is 0.494. The number of rotatable bonds is 1. The van der Waals surface area contributed by atoms with E-state index < -0.39 is 11.8 Å². The van der Waals surface area contributed by atoms with E-state index in [2.05, 4.69) is 0 Å². The van der Waals surface area contributed by atoms with Gasteiger partial charge < -0.3 is 15.7 Å². The summed E-state index contributed by atoms with van der Waals surface area (Å²) in [6.07, 6.45) is 0. The number of halogens is 1. The molecule has 80 valence electrons. The first-order valence-electron chi connectivity index (χ1n) is 3.99. The van der Waals surface area contributed by atoms with Gasteiger partial charge in [-0.1, -0.05) is 11.6 Å². The zero-order chi connectivity index (χ0) is 11.6. The number of benzene rings is 1. The largest absolute Gasteiger partial charge is 0.506 e. The number of phenolic OH excluding ortho intramolecular Hbond substituents is 1. The van der Waals surface area contributed by atoms with E-state index in [1.807, 2.05) is 0 Å². The van der Waals surface area contributed by atoms with Crippen molar-refractivity contribution in [3.05, 3.63) is 23.2 Å². The van der Waals surface area contributed by atoms with Crippen LogP contribution in [0.5, 0.6) is 5.75 Å². The first-order valence-corrected chi connectivity index (χ1v) is 4.37. The van der Waals surface area contributed by atoms with Gasteiger partial charge in [-0.3, -0.25) is 9.59 Å². The molecule has 0 heterocycles. The molecule has 0 aliphatic heterocycles. The van der Waals surface area contributed by atoms with Crippen LogP contribution < -0.4 is 10.6 Å². The average Bonchev–Trinajstić information content (AvgIpc) is 2.19. The number of primary amides is 1. The molecule has 5 nitrogen and oxygen atoms in total. The van der Waals surface area contributed by atoms with Gasteiger partial charge >= 0.3 is 11.8 Å². The third-order valence-corrected chi connectivity index (χ3v) is 2.05. The van der Waals surface area contributed by atoms with Gasteiger partial charge in [0, 0.05) is 12.1 Å². The second-order valence-corrected chi connectivity index (χ2v) is 3.30. The van der Waals surface area contributed by atoms with Crippen LogP contribution in [-0.4, -0.2) is 24.0 Å². The minimum absolute atomic E-state index is 0.131. The van der Waals surface area contributed by atoms with Crippen molar-refractivity contribution < 1.29 is 14.7 Å². The van der Waals surface area contributed by atoms with Gasteiger partial charge in [0.25, 0.3) is 0 Å². The van der Waals surface area contributed by atoms with Crippen LogP contribution in [0, 0.1) is 0 Å². The zero-order valence-electron chi connectivity index (χ0n) is 7.90. The number of carbonyl (C=O) groups excluding carboxylic acids is 2. The summed E-state index contributed by atoms with van der Waals surface area (Å²) in [7, 11) is 1.32. The number of aromatic hydroxyl groups is 1. The molecule has 1 aromatic carbocycles. The monoisotopic (exact) mass is 228 g/mol. The van der Waals surface area contributed by atoms with Crippen LogP contribution in [0.15, 0.2) is 18.2 Å². The average molecular weight is 229 g/mol. The fraction of sp³-hybridized carbons (Fsp3) is 0.111. The molecule has 2 amide bonds. The second kappa shape index (κ2) is 4.18. The highest BCUT2D eigenvalue weighted by Gasteiger charge is 2.19. The smallest absolute Gasteiger partial charge is 0.315 e. The van der Waals surface area contributed by atoms with Crippen LogP contribution in [-0.2, 0) is 9.59 Å². The summed E-state index contributed by atoms with van der Waals surface area (Å²) < 4.78 is 0. The molecule has 3 N–H and O–H groups in total. The van der Waals surface area contributed by atoms with E-state index in [1.54, 1.807) is 0 Å². The van der Waals surface area contributed by atoms with Crippen LogP contribution in [0.1, 0.15) is 0 Å². The Bertz CT molecular complexity index is 420. The van der Waals surface area contributed by atoms with Gasteiger partial charge in [0.1, 0.15) is 5.75 Å². The van der Waals surface area contributed by atoms with E-state index >= 15 is 0 Å². The summed E-state index contributed by atoms with van der Waals surface area (Å²) in [6, 6.07) is 4.14. The first-order chi connectivity index (χ1) is 6.93. The van der Waals surface area contributed by atoms with Crippen molar-refractivity contribution in [1.29, 1.82) is 0 Å². The van der Waals surface area contributed by atoms with Crippen LogP contribution in [0.3, 0.4) is 0 Å². The Kier molecular flexibility index (Phi) is 3.16. The van der Waals surface area contributed by atoms with Crippen molar-refractivity contribution in [2.75, 3.05) is 11.9 Å². The standard InChI is InChI=1S/C9H9ClN2O3/c1-12(9(15)8(11)14)6-4-5(10)2-3-7(6)13/h2-4,13H,1H3,(H2,11,14). The molecule has 0 aromatic heterocycles. The third kappa shape index (κ3) is 2.38. The SMILES string of the molecule is CN(C(=O)C(N)=O)c1cc(Cl)ccc1O. The highest BCUT2D eigenvalue weighted by molar-refractivity contribution is 6.40. The van der Waals surface area contributed by atoms with Gasteiger partial charge in [0.05, 0.1) is 5.69 Å². The van der Waals surface area contributed by atoms with Crippen molar-refractivity contribution in [2.24, 2.45) is 5.73 Å². The number of amides is 2. The van der Waals surface area contributed by atoms with E-state index in [9.17, 15) is 14.7 Å². The number of phenols is 1. The van der Waals surface area contributed by atoms with Crippen molar-refractivity contribution in [1.82, 2.24) is 0 Å². The lowest BCUT2D eigenvalue weighted by Crippen LogP contribution is -2.37. The Morgan fingerprint density at radius 1 is 1.47 bits per heavy atom. The van der Waals surface area contributed by atoms with Crippen molar-refractivity contribution in [2.45, 2.75) is 0 Å². The molecule has 0 saturated heterocycles. The lowest BCUT2D eigenvalue weighted by molar-refractivity contribution is -0.135. The fourth-order valence-corrected chi connectivity index (χ4v) is 1.21. The number of carbonyl (C=O) groups is 2. The Labute approximate surface area is 91.0 Å². The number of hydrogen-bond acceptors (Lipinski definition) is 3. The number of nitrogens with zero attached hydrogens (tertiary/aromatic N) is 1. The Morgan fingerprint density at radius 3 is 2.60 bits per heavy atom. The minimum Gasteiger partial charge on any atom is -0.506 e. The van der Waals surface area contributed by atoms with Gasteiger partial charge in [0.15, 0.2) is 0 Å². The van der Waals surface area contributed by atoms with Crippen molar-refractivity contribution in [3.63, 3.8) is 0 Å². The maximum Gasteiger partial charge on any atom is 0.315 e.